The summed E-state index contributed by atoms with van der Waals surface area (Å²) in [5, 5.41) is 5.57. The maximum absolute atomic E-state index is 13.4. The van der Waals surface area contributed by atoms with Gasteiger partial charge >= 0.3 is 6.18 Å². The van der Waals surface area contributed by atoms with Crippen LogP contribution in [-0.2, 0) is 12.6 Å². The van der Waals surface area contributed by atoms with Crippen molar-refractivity contribution < 1.29 is 27.4 Å². The zero-order chi connectivity index (χ0) is 23.1. The quantitative estimate of drug-likeness (QED) is 0.505. The monoisotopic (exact) mass is 450 g/mol. The van der Waals surface area contributed by atoms with Gasteiger partial charge in [-0.05, 0) is 0 Å². The second-order valence-corrected chi connectivity index (χ2v) is 6.37. The summed E-state index contributed by atoms with van der Waals surface area (Å²) in [6.07, 6.45) is 1.04. The topological polar surface area (TPSA) is 103 Å². The highest BCUT2D eigenvalue weighted by atomic mass is 19.4. The molecule has 0 saturated carbocycles. The first-order valence-electron chi connectivity index (χ1n) is 9.35. The minimum Gasteiger partial charge on any atom is -0.493 e. The molecule has 0 radical (unpaired) electrons. The fraction of sp³-hybridized carbons (Fsp3) is 0.300. The van der Waals surface area contributed by atoms with Gasteiger partial charge < -0.3 is 24.8 Å². The molecule has 12 heteroatoms. The first-order chi connectivity index (χ1) is 15.4. The van der Waals surface area contributed by atoms with Crippen molar-refractivity contribution in [3.05, 3.63) is 48.2 Å². The highest BCUT2D eigenvalue weighted by Gasteiger charge is 2.35. The molecule has 0 unspecified atom stereocenters. The Morgan fingerprint density at radius 2 is 1.66 bits per heavy atom. The first-order valence-corrected chi connectivity index (χ1v) is 9.35. The Morgan fingerprint density at radius 3 is 2.22 bits per heavy atom. The van der Waals surface area contributed by atoms with Gasteiger partial charge in [0, 0.05) is 55.6 Å². The third-order valence-electron chi connectivity index (χ3n) is 4.31. The molecule has 0 bridgehead atoms. The standard InChI is InChI=1S/C20H21F3N6O3/c1-30-15-8-13(9-16(31-2)17(15)32-3)28-19-27-11-14(20(21,22)23)18(29-19)26-5-4-12-10-24-6-7-25-12/h6-11H,4-5H2,1-3H3,(H2,26,27,28,29). The summed E-state index contributed by atoms with van der Waals surface area (Å²) in [6, 6.07) is 3.17. The maximum atomic E-state index is 13.4. The first kappa shape index (κ1) is 22.8. The van der Waals surface area contributed by atoms with E-state index in [1.807, 2.05) is 0 Å². The average molecular weight is 450 g/mol. The SMILES string of the molecule is COc1cc(Nc2ncc(C(F)(F)F)c(NCCc3cnccn3)n2)cc(OC)c1OC. The Balaban J connectivity index is 1.85. The largest absolute Gasteiger partial charge is 0.493 e. The van der Waals surface area contributed by atoms with E-state index in [0.717, 1.165) is 6.20 Å². The minimum atomic E-state index is -4.63. The number of alkyl halides is 3. The lowest BCUT2D eigenvalue weighted by Gasteiger charge is -2.16. The smallest absolute Gasteiger partial charge is 0.421 e. The molecule has 0 fully saturated rings. The van der Waals surface area contributed by atoms with Crippen molar-refractivity contribution in [3.8, 4) is 17.2 Å². The number of hydrogen-bond acceptors (Lipinski definition) is 9. The molecule has 1 aromatic carbocycles. The third-order valence-corrected chi connectivity index (χ3v) is 4.31. The van der Waals surface area contributed by atoms with Crippen molar-refractivity contribution in [1.82, 2.24) is 19.9 Å². The molecule has 9 nitrogen and oxygen atoms in total. The molecule has 0 aliphatic carbocycles. The van der Waals surface area contributed by atoms with Crippen LogP contribution in [0, 0.1) is 0 Å². The van der Waals surface area contributed by atoms with Crippen molar-refractivity contribution in [1.29, 1.82) is 0 Å². The highest BCUT2D eigenvalue weighted by molar-refractivity contribution is 5.66. The van der Waals surface area contributed by atoms with Crippen LogP contribution in [0.4, 0.5) is 30.6 Å². The summed E-state index contributed by atoms with van der Waals surface area (Å²) in [6.45, 7) is 0.169. The number of aromatic nitrogens is 4. The van der Waals surface area contributed by atoms with E-state index in [4.69, 9.17) is 14.2 Å². The number of anilines is 3. The lowest BCUT2D eigenvalue weighted by Crippen LogP contribution is -2.16. The van der Waals surface area contributed by atoms with Crippen molar-refractivity contribution in [2.24, 2.45) is 0 Å². The number of ether oxygens (including phenoxy) is 3. The van der Waals surface area contributed by atoms with Crippen LogP contribution in [0.15, 0.2) is 36.9 Å². The average Bonchev–Trinajstić information content (AvgIpc) is 2.78. The van der Waals surface area contributed by atoms with Crippen molar-refractivity contribution in [2.75, 3.05) is 38.5 Å². The van der Waals surface area contributed by atoms with E-state index in [9.17, 15) is 13.2 Å². The predicted molar refractivity (Wildman–Crippen MR) is 111 cm³/mol. The molecule has 3 aromatic rings. The molecular formula is C20H21F3N6O3. The Hall–Kier alpha value is -3.83. The van der Waals surface area contributed by atoms with Crippen LogP contribution in [0.2, 0.25) is 0 Å². The van der Waals surface area contributed by atoms with Gasteiger partial charge in [0.25, 0.3) is 0 Å². The van der Waals surface area contributed by atoms with Crippen molar-refractivity contribution in [2.45, 2.75) is 12.6 Å². The van der Waals surface area contributed by atoms with Crippen LogP contribution >= 0.6 is 0 Å². The Morgan fingerprint density at radius 1 is 0.938 bits per heavy atom. The van der Waals surface area contributed by atoms with Crippen LogP contribution in [0.1, 0.15) is 11.3 Å². The van der Waals surface area contributed by atoms with Gasteiger partial charge in [-0.15, -0.1) is 0 Å². The minimum absolute atomic E-state index is 0.0470. The van der Waals surface area contributed by atoms with Gasteiger partial charge in [0.15, 0.2) is 11.5 Å². The second-order valence-electron chi connectivity index (χ2n) is 6.37. The predicted octanol–water partition coefficient (Wildman–Crippen LogP) is 3.71. The second kappa shape index (κ2) is 9.98. The Bertz CT molecular complexity index is 1030. The van der Waals surface area contributed by atoms with Crippen LogP contribution in [-0.4, -0.2) is 47.8 Å². The van der Waals surface area contributed by atoms with Crippen LogP contribution in [0.5, 0.6) is 17.2 Å². The van der Waals surface area contributed by atoms with E-state index < -0.39 is 11.7 Å². The number of halogens is 3. The zero-order valence-corrected chi connectivity index (χ0v) is 17.5. The van der Waals surface area contributed by atoms with E-state index in [1.165, 1.54) is 33.7 Å². The number of hydrogen-bond donors (Lipinski definition) is 2. The lowest BCUT2D eigenvalue weighted by atomic mass is 10.2. The van der Waals surface area contributed by atoms with Gasteiger partial charge in [0.05, 0.1) is 27.0 Å². The summed E-state index contributed by atoms with van der Waals surface area (Å²) >= 11 is 0. The van der Waals surface area contributed by atoms with Crippen LogP contribution in [0.3, 0.4) is 0 Å². The van der Waals surface area contributed by atoms with Gasteiger partial charge in [-0.25, -0.2) is 4.98 Å². The molecule has 0 atom stereocenters. The molecule has 0 aliphatic rings. The molecular weight excluding hydrogens is 429 g/mol. The van der Waals surface area contributed by atoms with Gasteiger partial charge in [-0.3, -0.25) is 9.97 Å². The summed E-state index contributed by atoms with van der Waals surface area (Å²) in [4.78, 5) is 15.9. The molecule has 0 aliphatic heterocycles. The van der Waals surface area contributed by atoms with Gasteiger partial charge in [-0.2, -0.15) is 18.2 Å². The lowest BCUT2D eigenvalue weighted by molar-refractivity contribution is -0.137. The molecule has 2 N–H and O–H groups in total. The number of benzene rings is 1. The summed E-state index contributed by atoms with van der Waals surface area (Å²) in [5.74, 6) is 0.702. The van der Waals surface area contributed by atoms with Gasteiger partial charge in [-0.1, -0.05) is 0 Å². The number of nitrogens with zero attached hydrogens (tertiary/aromatic N) is 4. The Kier molecular flexibility index (Phi) is 7.13. The van der Waals surface area contributed by atoms with Crippen LogP contribution in [0.25, 0.3) is 0 Å². The molecule has 3 rings (SSSR count). The van der Waals surface area contributed by atoms with E-state index >= 15 is 0 Å². The molecule has 0 amide bonds. The third kappa shape index (κ3) is 5.45. The molecule has 0 saturated heterocycles. The number of nitrogens with one attached hydrogen (secondary N) is 2. The molecule has 2 aromatic heterocycles. The number of methoxy groups -OCH3 is 3. The van der Waals surface area contributed by atoms with E-state index in [0.29, 0.717) is 35.1 Å². The highest BCUT2D eigenvalue weighted by Crippen LogP contribution is 2.40. The van der Waals surface area contributed by atoms with Crippen molar-refractivity contribution in [3.63, 3.8) is 0 Å². The molecule has 32 heavy (non-hydrogen) atoms. The van der Waals surface area contributed by atoms with Crippen LogP contribution < -0.4 is 24.8 Å². The number of rotatable bonds is 9. The van der Waals surface area contributed by atoms with E-state index in [-0.39, 0.29) is 18.3 Å². The fourth-order valence-electron chi connectivity index (χ4n) is 2.83. The van der Waals surface area contributed by atoms with Crippen molar-refractivity contribution >= 4 is 17.5 Å². The van der Waals surface area contributed by atoms with Gasteiger partial charge in [0.1, 0.15) is 11.4 Å². The summed E-state index contributed by atoms with van der Waals surface area (Å²) in [7, 11) is 4.37. The molecule has 2 heterocycles. The summed E-state index contributed by atoms with van der Waals surface area (Å²) < 4.78 is 56.1. The molecule has 170 valence electrons. The van der Waals surface area contributed by atoms with E-state index in [1.54, 1.807) is 18.3 Å². The Labute approximate surface area is 182 Å². The molecule has 0 spiro atoms. The zero-order valence-electron chi connectivity index (χ0n) is 17.5. The maximum Gasteiger partial charge on any atom is 0.421 e. The van der Waals surface area contributed by atoms with E-state index in [2.05, 4.69) is 30.6 Å². The summed E-state index contributed by atoms with van der Waals surface area (Å²) in [5.41, 5.74) is 0.0928. The van der Waals surface area contributed by atoms with Gasteiger partial charge in [0.2, 0.25) is 11.7 Å². The normalized spacial score (nSPS) is 11.1. The fourth-order valence-corrected chi connectivity index (χ4v) is 2.83.